The van der Waals surface area contributed by atoms with Crippen molar-refractivity contribution >= 4 is 60.1 Å². The zero-order valence-corrected chi connectivity index (χ0v) is 24.2. The van der Waals surface area contributed by atoms with Gasteiger partial charge >= 0.3 is 0 Å². The van der Waals surface area contributed by atoms with Crippen molar-refractivity contribution in [1.82, 2.24) is 9.97 Å². The molecule has 8 aromatic rings. The molecule has 43 heavy (non-hydrogen) atoms. The second kappa shape index (κ2) is 9.72. The van der Waals surface area contributed by atoms with E-state index in [2.05, 4.69) is 133 Å². The molecule has 0 amide bonds. The summed E-state index contributed by atoms with van der Waals surface area (Å²) in [6.07, 6.45) is 7.65. The molecule has 0 saturated carbocycles. The van der Waals surface area contributed by atoms with Crippen LogP contribution in [0.15, 0.2) is 134 Å². The molecule has 0 spiro atoms. The van der Waals surface area contributed by atoms with Crippen LogP contribution < -0.4 is 0 Å². The van der Waals surface area contributed by atoms with Gasteiger partial charge in [0.15, 0.2) is 0 Å². The van der Waals surface area contributed by atoms with E-state index in [-0.39, 0.29) is 0 Å². The molecule has 0 saturated heterocycles. The monoisotopic (exact) mass is 566 g/mol. The second-order valence-electron chi connectivity index (χ2n) is 11.4. The van der Waals surface area contributed by atoms with E-state index in [1.165, 1.54) is 48.0 Å². The molecule has 1 unspecified atom stereocenters. The second-order valence-corrected chi connectivity index (χ2v) is 12.4. The molecule has 1 aliphatic carbocycles. The standard InChI is InChI=1S/C40H26N2S/c1-2-8-25(9-3-1)28-18-20-37-34(22-28)35-23-29(19-21-38(35)43-37)26-14-16-27(17-15-26)36-24-41-39-32-12-6-4-10-30(32)31-11-5-7-13-33(31)40(39)42-36/h1-21,23-24,28H,22H2. The van der Waals surface area contributed by atoms with Crippen LogP contribution in [0, 0.1) is 0 Å². The number of rotatable bonds is 3. The summed E-state index contributed by atoms with van der Waals surface area (Å²) in [4.78, 5) is 11.5. The summed E-state index contributed by atoms with van der Waals surface area (Å²) in [6, 6.07) is 43.6. The van der Waals surface area contributed by atoms with Crippen molar-refractivity contribution in [2.24, 2.45) is 0 Å². The first-order valence-electron chi connectivity index (χ1n) is 14.8. The summed E-state index contributed by atoms with van der Waals surface area (Å²) >= 11 is 1.90. The van der Waals surface area contributed by atoms with Crippen LogP contribution >= 0.6 is 11.3 Å². The van der Waals surface area contributed by atoms with Crippen molar-refractivity contribution in [1.29, 1.82) is 0 Å². The van der Waals surface area contributed by atoms with Crippen LogP contribution in [-0.4, -0.2) is 9.97 Å². The molecular weight excluding hydrogens is 541 g/mol. The highest BCUT2D eigenvalue weighted by Gasteiger charge is 2.20. The lowest BCUT2D eigenvalue weighted by Crippen LogP contribution is -2.03. The Kier molecular flexibility index (Phi) is 5.53. The number of nitrogens with zero attached hydrogens (tertiary/aromatic N) is 2. The fourth-order valence-corrected chi connectivity index (χ4v) is 7.84. The molecule has 9 rings (SSSR count). The third-order valence-electron chi connectivity index (χ3n) is 8.89. The Bertz CT molecular complexity index is 2330. The molecular formula is C40H26N2S. The van der Waals surface area contributed by atoms with Crippen molar-refractivity contribution in [3.05, 3.63) is 150 Å². The summed E-state index contributed by atoms with van der Waals surface area (Å²) in [5.74, 6) is 0.424. The van der Waals surface area contributed by atoms with Crippen molar-refractivity contribution < 1.29 is 0 Å². The molecule has 2 heterocycles. The van der Waals surface area contributed by atoms with Crippen LogP contribution in [0.25, 0.3) is 71.1 Å². The van der Waals surface area contributed by atoms with Gasteiger partial charge < -0.3 is 0 Å². The number of hydrogen-bond acceptors (Lipinski definition) is 3. The lowest BCUT2D eigenvalue weighted by atomic mass is 9.86. The highest BCUT2D eigenvalue weighted by Crippen LogP contribution is 2.41. The molecule has 0 fully saturated rings. The smallest absolute Gasteiger partial charge is 0.0979 e. The summed E-state index contributed by atoms with van der Waals surface area (Å²) in [5.41, 5.74) is 9.17. The van der Waals surface area contributed by atoms with E-state index in [9.17, 15) is 0 Å². The molecule has 2 aromatic heterocycles. The van der Waals surface area contributed by atoms with E-state index in [1.807, 2.05) is 17.5 Å². The minimum Gasteiger partial charge on any atom is -0.252 e. The lowest BCUT2D eigenvalue weighted by Gasteiger charge is -2.18. The minimum absolute atomic E-state index is 0.424. The van der Waals surface area contributed by atoms with Gasteiger partial charge in [-0.05, 0) is 63.0 Å². The normalized spacial score (nSPS) is 14.6. The number of thiophene rings is 1. The average Bonchev–Trinajstić information content (AvgIpc) is 3.46. The number of allylic oxidation sites excluding steroid dienone is 1. The molecule has 1 atom stereocenters. The van der Waals surface area contributed by atoms with Gasteiger partial charge in [-0.2, -0.15) is 0 Å². The Morgan fingerprint density at radius 3 is 2.00 bits per heavy atom. The van der Waals surface area contributed by atoms with E-state index in [0.29, 0.717) is 5.92 Å². The highest BCUT2D eigenvalue weighted by atomic mass is 32.1. The predicted octanol–water partition coefficient (Wildman–Crippen LogP) is 10.8. The van der Waals surface area contributed by atoms with Crippen LogP contribution in [0.1, 0.15) is 21.9 Å². The number of hydrogen-bond donors (Lipinski definition) is 0. The van der Waals surface area contributed by atoms with Crippen molar-refractivity contribution in [2.75, 3.05) is 0 Å². The Labute approximate surface area is 253 Å². The van der Waals surface area contributed by atoms with E-state index in [4.69, 9.17) is 9.97 Å². The van der Waals surface area contributed by atoms with Crippen LogP contribution in [0.2, 0.25) is 0 Å². The van der Waals surface area contributed by atoms with Crippen molar-refractivity contribution in [2.45, 2.75) is 12.3 Å². The maximum Gasteiger partial charge on any atom is 0.0979 e. The van der Waals surface area contributed by atoms with Crippen LogP contribution in [0.5, 0.6) is 0 Å². The topological polar surface area (TPSA) is 25.8 Å². The number of aromatic nitrogens is 2. The summed E-state index contributed by atoms with van der Waals surface area (Å²) < 4.78 is 1.36. The quantitative estimate of drug-likeness (QED) is 0.199. The van der Waals surface area contributed by atoms with Gasteiger partial charge in [-0.15, -0.1) is 11.3 Å². The Balaban J connectivity index is 1.09. The highest BCUT2D eigenvalue weighted by molar-refractivity contribution is 7.20. The molecule has 1 aliphatic rings. The third-order valence-corrected chi connectivity index (χ3v) is 10.1. The third kappa shape index (κ3) is 4.00. The maximum absolute atomic E-state index is 5.17. The van der Waals surface area contributed by atoms with E-state index in [0.717, 1.165) is 39.5 Å². The van der Waals surface area contributed by atoms with E-state index < -0.39 is 0 Å². The number of fused-ring (bicyclic) bond motifs is 9. The Morgan fingerprint density at radius 2 is 1.23 bits per heavy atom. The molecule has 0 radical (unpaired) electrons. The van der Waals surface area contributed by atoms with Crippen LogP contribution in [0.3, 0.4) is 0 Å². The minimum atomic E-state index is 0.424. The summed E-state index contributed by atoms with van der Waals surface area (Å²) in [6.45, 7) is 0. The first-order chi connectivity index (χ1) is 21.3. The first-order valence-corrected chi connectivity index (χ1v) is 15.6. The van der Waals surface area contributed by atoms with E-state index in [1.54, 1.807) is 0 Å². The molecule has 0 aliphatic heterocycles. The van der Waals surface area contributed by atoms with Gasteiger partial charge in [0, 0.05) is 31.8 Å². The molecule has 0 N–H and O–H groups in total. The molecule has 202 valence electrons. The van der Waals surface area contributed by atoms with Crippen molar-refractivity contribution in [3.63, 3.8) is 0 Å². The summed E-state index contributed by atoms with van der Waals surface area (Å²) in [7, 11) is 0. The molecule has 3 heteroatoms. The Hall–Kier alpha value is -5.12. The first kappa shape index (κ1) is 24.5. The molecule has 2 nitrogen and oxygen atoms in total. The van der Waals surface area contributed by atoms with E-state index >= 15 is 0 Å². The Morgan fingerprint density at radius 1 is 0.581 bits per heavy atom. The fourth-order valence-electron chi connectivity index (χ4n) is 6.71. The largest absolute Gasteiger partial charge is 0.252 e. The zero-order chi connectivity index (χ0) is 28.3. The van der Waals surface area contributed by atoms with Gasteiger partial charge in [0.25, 0.3) is 0 Å². The SMILES string of the molecule is C1=CC(c2ccccc2)Cc2c1sc1ccc(-c3ccc(-c4cnc5c6ccccc6c6ccccc6c5n4)cc3)cc21. The molecule has 6 aromatic carbocycles. The van der Waals surface area contributed by atoms with Crippen LogP contribution in [0.4, 0.5) is 0 Å². The van der Waals surface area contributed by atoms with Crippen LogP contribution in [-0.2, 0) is 6.42 Å². The fraction of sp³-hybridized carbons (Fsp3) is 0.0500. The summed E-state index contributed by atoms with van der Waals surface area (Å²) in [5, 5.41) is 6.09. The van der Waals surface area contributed by atoms with Gasteiger partial charge in [-0.25, -0.2) is 4.98 Å². The zero-order valence-electron chi connectivity index (χ0n) is 23.4. The van der Waals surface area contributed by atoms with Gasteiger partial charge in [-0.3, -0.25) is 4.98 Å². The molecule has 0 bridgehead atoms. The maximum atomic E-state index is 5.17. The number of benzene rings is 6. The lowest BCUT2D eigenvalue weighted by molar-refractivity contribution is 0.837. The predicted molar refractivity (Wildman–Crippen MR) is 183 cm³/mol. The average molecular weight is 567 g/mol. The van der Waals surface area contributed by atoms with Gasteiger partial charge in [0.2, 0.25) is 0 Å². The van der Waals surface area contributed by atoms with Gasteiger partial charge in [0.05, 0.1) is 22.9 Å². The van der Waals surface area contributed by atoms with Crippen molar-refractivity contribution in [3.8, 4) is 22.4 Å². The van der Waals surface area contributed by atoms with Gasteiger partial charge in [0.1, 0.15) is 0 Å². The van der Waals surface area contributed by atoms with Gasteiger partial charge in [-0.1, -0.05) is 115 Å².